The van der Waals surface area contributed by atoms with Gasteiger partial charge in [0.05, 0.1) is 12.0 Å². The van der Waals surface area contributed by atoms with E-state index in [1.165, 1.54) is 7.11 Å². The Morgan fingerprint density at radius 3 is 2.35 bits per heavy atom. The van der Waals surface area contributed by atoms with E-state index in [0.29, 0.717) is 12.2 Å². The number of benzene rings is 2. The van der Waals surface area contributed by atoms with Crippen LogP contribution in [-0.4, -0.2) is 28.4 Å². The van der Waals surface area contributed by atoms with E-state index in [1.807, 2.05) is 6.07 Å². The summed E-state index contributed by atoms with van der Waals surface area (Å²) in [6.45, 7) is 0.0932. The number of ether oxygens (including phenoxy) is 2. The average Bonchev–Trinajstić information content (AvgIpc) is 2.54. The zero-order valence-corrected chi connectivity index (χ0v) is 15.9. The van der Waals surface area contributed by atoms with E-state index >= 15 is 0 Å². The number of methoxy groups -OCH3 is 1. The Hall–Kier alpha value is -1.78. The van der Waals surface area contributed by atoms with Crippen molar-refractivity contribution >= 4 is 26.0 Å². The molecule has 0 saturated carbocycles. The van der Waals surface area contributed by atoms with Gasteiger partial charge in [-0.2, -0.15) is 0 Å². The lowest BCUT2D eigenvalue weighted by molar-refractivity contribution is -0.274. The minimum absolute atomic E-state index is 0.0932. The van der Waals surface area contributed by atoms with Crippen molar-refractivity contribution in [3.8, 4) is 11.5 Å². The monoisotopic (exact) mass is 453 g/mol. The molecule has 0 heterocycles. The van der Waals surface area contributed by atoms with Crippen molar-refractivity contribution in [3.05, 3.63) is 52.5 Å². The molecular formula is C16H15BrF3NO4S. The number of alkyl halides is 3. The summed E-state index contributed by atoms with van der Waals surface area (Å²) in [5, 5.41) is 0. The maximum absolute atomic E-state index is 12.2. The van der Waals surface area contributed by atoms with Gasteiger partial charge in [0, 0.05) is 11.0 Å². The van der Waals surface area contributed by atoms with Crippen LogP contribution in [0.3, 0.4) is 0 Å². The summed E-state index contributed by atoms with van der Waals surface area (Å²) in [4.78, 5) is -0.159. The highest BCUT2D eigenvalue weighted by Crippen LogP contribution is 2.25. The summed E-state index contributed by atoms with van der Waals surface area (Å²) >= 11 is 3.33. The van der Waals surface area contributed by atoms with Gasteiger partial charge >= 0.3 is 6.36 Å². The van der Waals surface area contributed by atoms with Crippen molar-refractivity contribution in [1.82, 2.24) is 4.72 Å². The third-order valence-electron chi connectivity index (χ3n) is 3.30. The number of rotatable bonds is 7. The van der Waals surface area contributed by atoms with Crippen LogP contribution in [0.2, 0.25) is 0 Å². The minimum Gasteiger partial charge on any atom is -0.496 e. The van der Waals surface area contributed by atoms with Gasteiger partial charge < -0.3 is 9.47 Å². The van der Waals surface area contributed by atoms with Crippen LogP contribution in [0.25, 0.3) is 0 Å². The first-order valence-electron chi connectivity index (χ1n) is 7.28. The van der Waals surface area contributed by atoms with Crippen molar-refractivity contribution in [1.29, 1.82) is 0 Å². The second kappa shape index (κ2) is 8.28. The maximum atomic E-state index is 12.2. The van der Waals surface area contributed by atoms with Crippen LogP contribution in [0.4, 0.5) is 13.2 Å². The van der Waals surface area contributed by atoms with Gasteiger partial charge in [0.1, 0.15) is 11.5 Å². The van der Waals surface area contributed by atoms with E-state index in [9.17, 15) is 21.6 Å². The molecule has 0 unspecified atom stereocenters. The van der Waals surface area contributed by atoms with Gasteiger partial charge in [0.2, 0.25) is 10.0 Å². The Morgan fingerprint density at radius 1 is 1.12 bits per heavy atom. The number of hydrogen-bond acceptors (Lipinski definition) is 4. The normalized spacial score (nSPS) is 12.0. The Morgan fingerprint density at radius 2 is 1.77 bits per heavy atom. The second-order valence-electron chi connectivity index (χ2n) is 5.12. The van der Waals surface area contributed by atoms with Crippen molar-refractivity contribution < 1.29 is 31.1 Å². The zero-order chi connectivity index (χ0) is 19.4. The molecule has 10 heteroatoms. The fraction of sp³-hybridized carbons (Fsp3) is 0.250. The Labute approximate surface area is 157 Å². The summed E-state index contributed by atoms with van der Waals surface area (Å²) < 4.78 is 73.0. The van der Waals surface area contributed by atoms with E-state index in [0.717, 1.165) is 34.3 Å². The lowest BCUT2D eigenvalue weighted by Crippen LogP contribution is -2.26. The molecule has 0 radical (unpaired) electrons. The number of halogens is 4. The summed E-state index contributed by atoms with van der Waals surface area (Å²) in [6, 6.07) is 9.35. The summed E-state index contributed by atoms with van der Waals surface area (Å²) in [5.74, 6) is 0.136. The second-order valence-corrected chi connectivity index (χ2v) is 7.81. The smallest absolute Gasteiger partial charge is 0.496 e. The lowest BCUT2D eigenvalue weighted by atomic mass is 10.1. The molecule has 0 fully saturated rings. The predicted molar refractivity (Wildman–Crippen MR) is 92.7 cm³/mol. The first kappa shape index (κ1) is 20.5. The highest BCUT2D eigenvalue weighted by atomic mass is 79.9. The molecular weight excluding hydrogens is 439 g/mol. The van der Waals surface area contributed by atoms with Crippen LogP contribution < -0.4 is 14.2 Å². The summed E-state index contributed by atoms with van der Waals surface area (Å²) in [7, 11) is -2.34. The van der Waals surface area contributed by atoms with Crippen LogP contribution in [-0.2, 0) is 16.4 Å². The van der Waals surface area contributed by atoms with Crippen molar-refractivity contribution in [2.75, 3.05) is 13.7 Å². The Bertz CT molecular complexity index is 855. The molecule has 142 valence electrons. The standard InChI is InChI=1S/C16H15BrF3NO4S/c1-24-15-7-2-12(17)10-11(15)8-9-21-26(22,23)14-5-3-13(4-6-14)25-16(18,19)20/h2-7,10,21H,8-9H2,1H3. The highest BCUT2D eigenvalue weighted by molar-refractivity contribution is 9.10. The van der Waals surface area contributed by atoms with Gasteiger partial charge in [-0.3, -0.25) is 0 Å². The Balaban J connectivity index is 2.02. The van der Waals surface area contributed by atoms with E-state index in [-0.39, 0.29) is 11.4 Å². The summed E-state index contributed by atoms with van der Waals surface area (Å²) in [5.41, 5.74) is 0.804. The molecule has 0 saturated heterocycles. The number of nitrogens with one attached hydrogen (secondary N) is 1. The highest BCUT2D eigenvalue weighted by Gasteiger charge is 2.31. The van der Waals surface area contributed by atoms with Crippen molar-refractivity contribution in [3.63, 3.8) is 0 Å². The molecule has 2 aromatic rings. The van der Waals surface area contributed by atoms with E-state index in [2.05, 4.69) is 25.4 Å². The molecule has 1 N–H and O–H groups in total. The van der Waals surface area contributed by atoms with E-state index in [1.54, 1.807) is 12.1 Å². The van der Waals surface area contributed by atoms with Crippen molar-refractivity contribution in [2.45, 2.75) is 17.7 Å². The largest absolute Gasteiger partial charge is 0.573 e. The van der Waals surface area contributed by atoms with Crippen LogP contribution in [0.1, 0.15) is 5.56 Å². The quantitative estimate of drug-likeness (QED) is 0.690. The molecule has 2 aromatic carbocycles. The average molecular weight is 454 g/mol. The topological polar surface area (TPSA) is 64.6 Å². The van der Waals surface area contributed by atoms with E-state index < -0.39 is 22.1 Å². The molecule has 0 atom stereocenters. The first-order valence-corrected chi connectivity index (χ1v) is 9.56. The lowest BCUT2D eigenvalue weighted by Gasteiger charge is -2.11. The first-order chi connectivity index (χ1) is 12.1. The van der Waals surface area contributed by atoms with E-state index in [4.69, 9.17) is 4.74 Å². The van der Waals surface area contributed by atoms with Crippen LogP contribution >= 0.6 is 15.9 Å². The minimum atomic E-state index is -4.83. The molecule has 0 aliphatic carbocycles. The molecule has 0 aliphatic rings. The Kier molecular flexibility index (Phi) is 6.53. The third kappa shape index (κ3) is 5.89. The van der Waals surface area contributed by atoms with Crippen LogP contribution in [0.15, 0.2) is 51.8 Å². The molecule has 0 amide bonds. The van der Waals surface area contributed by atoms with Crippen LogP contribution in [0, 0.1) is 0 Å². The molecule has 0 bridgehead atoms. The van der Waals surface area contributed by atoms with Crippen LogP contribution in [0.5, 0.6) is 11.5 Å². The maximum Gasteiger partial charge on any atom is 0.573 e. The number of hydrogen-bond donors (Lipinski definition) is 1. The predicted octanol–water partition coefficient (Wildman–Crippen LogP) is 3.88. The zero-order valence-electron chi connectivity index (χ0n) is 13.5. The molecule has 0 aromatic heterocycles. The SMILES string of the molecule is COc1ccc(Br)cc1CCNS(=O)(=O)c1ccc(OC(F)(F)F)cc1. The third-order valence-corrected chi connectivity index (χ3v) is 5.27. The van der Waals surface area contributed by atoms with Gasteiger partial charge in [0.25, 0.3) is 0 Å². The van der Waals surface area contributed by atoms with Crippen molar-refractivity contribution in [2.24, 2.45) is 0 Å². The van der Waals surface area contributed by atoms with Gasteiger partial charge in [0.15, 0.2) is 0 Å². The van der Waals surface area contributed by atoms with Gasteiger partial charge in [-0.25, -0.2) is 13.1 Å². The summed E-state index contributed by atoms with van der Waals surface area (Å²) in [6.07, 6.45) is -4.46. The molecule has 0 aliphatic heterocycles. The molecule has 0 spiro atoms. The molecule has 2 rings (SSSR count). The van der Waals surface area contributed by atoms with Gasteiger partial charge in [-0.1, -0.05) is 15.9 Å². The van der Waals surface area contributed by atoms with Gasteiger partial charge in [-0.15, -0.1) is 13.2 Å². The number of sulfonamides is 1. The van der Waals surface area contributed by atoms with Gasteiger partial charge in [-0.05, 0) is 54.4 Å². The molecule has 26 heavy (non-hydrogen) atoms. The fourth-order valence-corrected chi connectivity index (χ4v) is 3.61. The fourth-order valence-electron chi connectivity index (χ4n) is 2.17. The molecule has 5 nitrogen and oxygen atoms in total.